The van der Waals surface area contributed by atoms with E-state index in [0.29, 0.717) is 12.6 Å². The molecule has 5 heteroatoms. The zero-order chi connectivity index (χ0) is 14.7. The summed E-state index contributed by atoms with van der Waals surface area (Å²) in [6.07, 6.45) is 0. The summed E-state index contributed by atoms with van der Waals surface area (Å²) in [5.74, 6) is -0.120. The van der Waals surface area contributed by atoms with E-state index in [1.807, 2.05) is 17.9 Å². The Bertz CT molecular complexity index is 481. The minimum absolute atomic E-state index is 0.0673. The van der Waals surface area contributed by atoms with Crippen LogP contribution >= 0.6 is 11.8 Å². The van der Waals surface area contributed by atoms with Gasteiger partial charge in [0, 0.05) is 19.1 Å². The third-order valence-corrected chi connectivity index (χ3v) is 4.68. The van der Waals surface area contributed by atoms with Crippen LogP contribution in [-0.4, -0.2) is 35.2 Å². The van der Waals surface area contributed by atoms with Gasteiger partial charge in [-0.1, -0.05) is 26.0 Å². The largest absolute Gasteiger partial charge is 0.324 e. The molecule has 1 heterocycles. The number of carbonyl (C=O) groups is 1. The van der Waals surface area contributed by atoms with Crippen molar-refractivity contribution >= 4 is 17.7 Å². The highest BCUT2D eigenvalue weighted by Crippen LogP contribution is 2.42. The predicted molar refractivity (Wildman–Crippen MR) is 81.0 cm³/mol. The van der Waals surface area contributed by atoms with E-state index in [2.05, 4.69) is 19.2 Å². The van der Waals surface area contributed by atoms with E-state index >= 15 is 0 Å². The summed E-state index contributed by atoms with van der Waals surface area (Å²) in [6, 6.07) is 6.92. The maximum absolute atomic E-state index is 13.4. The molecule has 0 aliphatic carbocycles. The highest BCUT2D eigenvalue weighted by molar-refractivity contribution is 8.01. The Morgan fingerprint density at radius 1 is 1.45 bits per heavy atom. The van der Waals surface area contributed by atoms with Crippen LogP contribution in [0.3, 0.4) is 0 Å². The first-order valence-electron chi connectivity index (χ1n) is 6.94. The molecule has 2 rings (SSSR count). The van der Waals surface area contributed by atoms with E-state index in [9.17, 15) is 9.18 Å². The first-order chi connectivity index (χ1) is 9.49. The fraction of sp³-hybridized carbons (Fsp3) is 0.533. The second kappa shape index (κ2) is 6.59. The Morgan fingerprint density at radius 2 is 2.20 bits per heavy atom. The lowest BCUT2D eigenvalue weighted by atomic mass is 10.2. The average molecular weight is 296 g/mol. The van der Waals surface area contributed by atoms with Crippen LogP contribution in [0.25, 0.3) is 0 Å². The van der Waals surface area contributed by atoms with Crippen LogP contribution in [0.5, 0.6) is 0 Å². The number of hydrogen-bond acceptors (Lipinski definition) is 3. The average Bonchev–Trinajstić information content (AvgIpc) is 2.66. The molecule has 3 nitrogen and oxygen atoms in total. The van der Waals surface area contributed by atoms with Gasteiger partial charge in [-0.05, 0) is 24.6 Å². The lowest BCUT2D eigenvalue weighted by Gasteiger charge is -2.25. The minimum atomic E-state index is -0.254. The predicted octanol–water partition coefficient (Wildman–Crippen LogP) is 2.79. The molecule has 0 aromatic heterocycles. The van der Waals surface area contributed by atoms with E-state index in [1.54, 1.807) is 17.8 Å². The normalized spacial score (nSPS) is 22.9. The summed E-state index contributed by atoms with van der Waals surface area (Å²) >= 11 is 1.58. The summed E-state index contributed by atoms with van der Waals surface area (Å²) in [5.41, 5.74) is 0.859. The molecule has 1 N–H and O–H groups in total. The van der Waals surface area contributed by atoms with E-state index in [4.69, 9.17) is 0 Å². The fourth-order valence-electron chi connectivity index (χ4n) is 2.29. The van der Waals surface area contributed by atoms with Gasteiger partial charge in [0.15, 0.2) is 0 Å². The first-order valence-corrected chi connectivity index (χ1v) is 7.88. The zero-order valence-electron chi connectivity index (χ0n) is 12.1. The summed E-state index contributed by atoms with van der Waals surface area (Å²) < 4.78 is 13.4. The van der Waals surface area contributed by atoms with Gasteiger partial charge in [-0.2, -0.15) is 0 Å². The van der Waals surface area contributed by atoms with Gasteiger partial charge in [0.1, 0.15) is 11.2 Å². The molecule has 1 aliphatic rings. The molecular weight excluding hydrogens is 275 g/mol. The van der Waals surface area contributed by atoms with Crippen molar-refractivity contribution in [2.24, 2.45) is 0 Å². The van der Waals surface area contributed by atoms with Crippen molar-refractivity contribution in [1.29, 1.82) is 0 Å². The maximum atomic E-state index is 13.4. The van der Waals surface area contributed by atoms with Crippen LogP contribution in [0.4, 0.5) is 4.39 Å². The lowest BCUT2D eigenvalue weighted by molar-refractivity contribution is -0.129. The number of amides is 1. The number of nitrogens with one attached hydrogen (secondary N) is 1. The first kappa shape index (κ1) is 15.3. The van der Waals surface area contributed by atoms with Crippen molar-refractivity contribution in [2.75, 3.05) is 13.1 Å². The third kappa shape index (κ3) is 3.52. The Kier molecular flexibility index (Phi) is 5.05. The SMILES string of the molecule is CC(C)NCCN1C(=O)C(C)SC1c1cccc(F)c1. The van der Waals surface area contributed by atoms with Crippen molar-refractivity contribution in [3.8, 4) is 0 Å². The number of carbonyl (C=O) groups excluding carboxylic acids is 1. The Hall–Kier alpha value is -1.07. The quantitative estimate of drug-likeness (QED) is 0.907. The van der Waals surface area contributed by atoms with Crippen LogP contribution in [0.1, 0.15) is 31.7 Å². The van der Waals surface area contributed by atoms with Gasteiger partial charge < -0.3 is 10.2 Å². The van der Waals surface area contributed by atoms with E-state index in [0.717, 1.165) is 12.1 Å². The summed E-state index contributed by atoms with van der Waals surface area (Å²) in [7, 11) is 0. The number of rotatable bonds is 5. The van der Waals surface area contributed by atoms with Gasteiger partial charge in [0.2, 0.25) is 5.91 Å². The highest BCUT2D eigenvalue weighted by Gasteiger charge is 2.38. The monoisotopic (exact) mass is 296 g/mol. The number of halogens is 1. The van der Waals surface area contributed by atoms with E-state index in [1.165, 1.54) is 12.1 Å². The molecule has 0 spiro atoms. The van der Waals surface area contributed by atoms with Crippen LogP contribution < -0.4 is 5.32 Å². The second-order valence-electron chi connectivity index (χ2n) is 5.33. The second-order valence-corrected chi connectivity index (χ2v) is 6.75. The van der Waals surface area contributed by atoms with E-state index in [-0.39, 0.29) is 22.3 Å². The summed E-state index contributed by atoms with van der Waals surface area (Å²) in [6.45, 7) is 7.47. The molecule has 1 fully saturated rings. The molecule has 1 saturated heterocycles. The molecule has 0 bridgehead atoms. The number of thioether (sulfide) groups is 1. The molecule has 1 aromatic carbocycles. The Labute approximate surface area is 123 Å². The van der Waals surface area contributed by atoms with Gasteiger partial charge in [-0.15, -0.1) is 11.8 Å². The molecule has 2 atom stereocenters. The smallest absolute Gasteiger partial charge is 0.236 e. The standard InChI is InChI=1S/C15H21FN2OS/c1-10(2)17-7-8-18-14(19)11(3)20-15(18)12-5-4-6-13(16)9-12/h4-6,9-11,15,17H,7-8H2,1-3H3. The van der Waals surface area contributed by atoms with E-state index < -0.39 is 0 Å². The molecule has 1 aliphatic heterocycles. The lowest BCUT2D eigenvalue weighted by Crippen LogP contribution is -2.38. The van der Waals surface area contributed by atoms with Crippen LogP contribution in [0, 0.1) is 5.82 Å². The number of nitrogens with zero attached hydrogens (tertiary/aromatic N) is 1. The van der Waals surface area contributed by atoms with Crippen molar-refractivity contribution in [3.63, 3.8) is 0 Å². The number of hydrogen-bond donors (Lipinski definition) is 1. The molecule has 0 saturated carbocycles. The van der Waals surface area contributed by atoms with Gasteiger partial charge in [-0.3, -0.25) is 4.79 Å². The zero-order valence-corrected chi connectivity index (χ0v) is 12.9. The van der Waals surface area contributed by atoms with Gasteiger partial charge in [0.25, 0.3) is 0 Å². The summed E-state index contributed by atoms with van der Waals surface area (Å²) in [5, 5.41) is 3.17. The topological polar surface area (TPSA) is 32.3 Å². The Balaban J connectivity index is 2.11. The highest BCUT2D eigenvalue weighted by atomic mass is 32.2. The number of benzene rings is 1. The molecule has 2 unspecified atom stereocenters. The van der Waals surface area contributed by atoms with Gasteiger partial charge in [0.05, 0.1) is 5.25 Å². The van der Waals surface area contributed by atoms with Crippen molar-refractivity contribution in [2.45, 2.75) is 37.4 Å². The van der Waals surface area contributed by atoms with Crippen molar-refractivity contribution in [1.82, 2.24) is 10.2 Å². The Morgan fingerprint density at radius 3 is 2.85 bits per heavy atom. The van der Waals surface area contributed by atoms with Crippen molar-refractivity contribution in [3.05, 3.63) is 35.6 Å². The molecule has 0 radical (unpaired) electrons. The van der Waals surface area contributed by atoms with Crippen molar-refractivity contribution < 1.29 is 9.18 Å². The molecule has 110 valence electrons. The molecular formula is C15H21FN2OS. The third-order valence-electron chi connectivity index (χ3n) is 3.29. The fourth-order valence-corrected chi connectivity index (χ4v) is 3.59. The molecule has 20 heavy (non-hydrogen) atoms. The molecule has 1 amide bonds. The van der Waals surface area contributed by atoms with Crippen LogP contribution in [0.2, 0.25) is 0 Å². The molecule has 1 aromatic rings. The maximum Gasteiger partial charge on any atom is 0.236 e. The summed E-state index contributed by atoms with van der Waals surface area (Å²) in [4.78, 5) is 14.1. The van der Waals surface area contributed by atoms with Gasteiger partial charge >= 0.3 is 0 Å². The van der Waals surface area contributed by atoms with Gasteiger partial charge in [-0.25, -0.2) is 4.39 Å². The minimum Gasteiger partial charge on any atom is -0.324 e. The van der Waals surface area contributed by atoms with Crippen LogP contribution in [-0.2, 0) is 4.79 Å². The van der Waals surface area contributed by atoms with Crippen LogP contribution in [0.15, 0.2) is 24.3 Å².